The lowest BCUT2D eigenvalue weighted by Gasteiger charge is -2.07. The quantitative estimate of drug-likeness (QED) is 0.579. The molecular weight excluding hydrogens is 250 g/mol. The van der Waals surface area contributed by atoms with E-state index < -0.39 is 0 Å². The molecule has 2 rings (SSSR count). The standard InChI is InChI=1S/C11H13N5OS/c1-6-5-8(3-4-9(6)14-12)10(17)13-11-16-15-7(2)18-11/h3-5,14H,12H2,1-2H3,(H,13,16,17). The fourth-order valence-electron chi connectivity index (χ4n) is 1.48. The number of hydrazine groups is 1. The summed E-state index contributed by atoms with van der Waals surface area (Å²) in [5.74, 6) is 5.13. The summed E-state index contributed by atoms with van der Waals surface area (Å²) in [5, 5.41) is 11.7. The van der Waals surface area contributed by atoms with E-state index in [9.17, 15) is 4.79 Å². The third-order valence-corrected chi connectivity index (χ3v) is 3.14. The van der Waals surface area contributed by atoms with Gasteiger partial charge in [-0.15, -0.1) is 10.2 Å². The second-order valence-corrected chi connectivity index (χ2v) is 4.94. The molecule has 0 aliphatic rings. The van der Waals surface area contributed by atoms with Crippen LogP contribution >= 0.6 is 11.3 Å². The summed E-state index contributed by atoms with van der Waals surface area (Å²) in [7, 11) is 0. The molecule has 0 radical (unpaired) electrons. The number of anilines is 2. The van der Waals surface area contributed by atoms with Crippen LogP contribution in [-0.2, 0) is 0 Å². The summed E-state index contributed by atoms with van der Waals surface area (Å²) >= 11 is 1.34. The fraction of sp³-hybridized carbons (Fsp3) is 0.182. The van der Waals surface area contributed by atoms with Crippen molar-refractivity contribution in [2.24, 2.45) is 5.84 Å². The Morgan fingerprint density at radius 2 is 2.11 bits per heavy atom. The summed E-state index contributed by atoms with van der Waals surface area (Å²) in [4.78, 5) is 12.0. The number of benzene rings is 1. The van der Waals surface area contributed by atoms with Crippen LogP contribution in [-0.4, -0.2) is 16.1 Å². The van der Waals surface area contributed by atoms with Gasteiger partial charge >= 0.3 is 0 Å². The number of nitrogens with zero attached hydrogens (tertiary/aromatic N) is 2. The lowest BCUT2D eigenvalue weighted by molar-refractivity contribution is 0.102. The topological polar surface area (TPSA) is 92.9 Å². The molecule has 4 N–H and O–H groups in total. The minimum Gasteiger partial charge on any atom is -0.324 e. The number of aromatic nitrogens is 2. The minimum absolute atomic E-state index is 0.210. The van der Waals surface area contributed by atoms with Gasteiger partial charge in [-0.25, -0.2) is 0 Å². The Bertz CT molecular complexity index is 581. The predicted molar refractivity (Wildman–Crippen MR) is 71.6 cm³/mol. The number of nitrogen functional groups attached to an aromatic ring is 1. The van der Waals surface area contributed by atoms with Gasteiger partial charge in [0.15, 0.2) is 0 Å². The predicted octanol–water partition coefficient (Wildman–Crippen LogP) is 1.69. The van der Waals surface area contributed by atoms with Gasteiger partial charge in [-0.1, -0.05) is 11.3 Å². The highest BCUT2D eigenvalue weighted by Crippen LogP contribution is 2.18. The van der Waals surface area contributed by atoms with Crippen molar-refractivity contribution >= 4 is 28.1 Å². The zero-order valence-electron chi connectivity index (χ0n) is 10.0. The molecule has 2 aromatic rings. The SMILES string of the molecule is Cc1nnc(NC(=O)c2ccc(NN)c(C)c2)s1. The Kier molecular flexibility index (Phi) is 3.54. The minimum atomic E-state index is -0.210. The van der Waals surface area contributed by atoms with E-state index >= 15 is 0 Å². The average molecular weight is 263 g/mol. The third-order valence-electron chi connectivity index (χ3n) is 2.39. The normalized spacial score (nSPS) is 10.2. The summed E-state index contributed by atoms with van der Waals surface area (Å²) in [6, 6.07) is 5.22. The monoisotopic (exact) mass is 263 g/mol. The largest absolute Gasteiger partial charge is 0.324 e. The van der Waals surface area contributed by atoms with Crippen molar-refractivity contribution in [2.75, 3.05) is 10.7 Å². The molecule has 94 valence electrons. The second kappa shape index (κ2) is 5.11. The molecule has 1 heterocycles. The molecule has 0 aliphatic heterocycles. The van der Waals surface area contributed by atoms with Crippen molar-refractivity contribution in [2.45, 2.75) is 13.8 Å². The lowest BCUT2D eigenvalue weighted by Crippen LogP contribution is -2.13. The Labute approximate surface area is 108 Å². The molecule has 0 atom stereocenters. The van der Waals surface area contributed by atoms with Crippen molar-refractivity contribution in [3.8, 4) is 0 Å². The maximum atomic E-state index is 12.0. The average Bonchev–Trinajstić information content (AvgIpc) is 2.74. The van der Waals surface area contributed by atoms with Gasteiger partial charge in [0, 0.05) is 5.56 Å². The number of carbonyl (C=O) groups excluding carboxylic acids is 1. The highest BCUT2D eigenvalue weighted by molar-refractivity contribution is 7.15. The molecule has 0 aliphatic carbocycles. The number of hydrogen-bond donors (Lipinski definition) is 3. The van der Waals surface area contributed by atoms with Crippen LogP contribution in [0, 0.1) is 13.8 Å². The van der Waals surface area contributed by atoms with Gasteiger partial charge < -0.3 is 5.43 Å². The van der Waals surface area contributed by atoms with Crippen molar-refractivity contribution in [3.63, 3.8) is 0 Å². The fourth-order valence-corrected chi connectivity index (χ4v) is 2.07. The highest BCUT2D eigenvalue weighted by atomic mass is 32.1. The molecule has 1 aromatic heterocycles. The summed E-state index contributed by atoms with van der Waals surface area (Å²) < 4.78 is 0. The molecule has 0 unspecified atom stereocenters. The first-order chi connectivity index (χ1) is 8.60. The number of amides is 1. The van der Waals surface area contributed by atoms with Crippen molar-refractivity contribution in [1.82, 2.24) is 10.2 Å². The van der Waals surface area contributed by atoms with E-state index in [0.29, 0.717) is 10.7 Å². The maximum Gasteiger partial charge on any atom is 0.257 e. The van der Waals surface area contributed by atoms with Gasteiger partial charge in [0.25, 0.3) is 5.91 Å². The molecule has 18 heavy (non-hydrogen) atoms. The zero-order valence-corrected chi connectivity index (χ0v) is 10.8. The molecule has 1 aromatic carbocycles. The van der Waals surface area contributed by atoms with Crippen LogP contribution in [0.15, 0.2) is 18.2 Å². The van der Waals surface area contributed by atoms with Crippen molar-refractivity contribution < 1.29 is 4.79 Å². The Morgan fingerprint density at radius 3 is 2.67 bits per heavy atom. The Hall–Kier alpha value is -1.99. The van der Waals surface area contributed by atoms with Crippen molar-refractivity contribution in [1.29, 1.82) is 0 Å². The van der Waals surface area contributed by atoms with Gasteiger partial charge in [-0.2, -0.15) is 0 Å². The van der Waals surface area contributed by atoms with E-state index in [1.165, 1.54) is 11.3 Å². The molecule has 0 saturated heterocycles. The van der Waals surface area contributed by atoms with E-state index in [4.69, 9.17) is 5.84 Å². The first-order valence-corrected chi connectivity index (χ1v) is 6.10. The Morgan fingerprint density at radius 1 is 1.33 bits per heavy atom. The second-order valence-electron chi connectivity index (χ2n) is 3.75. The highest BCUT2D eigenvalue weighted by Gasteiger charge is 2.10. The van der Waals surface area contributed by atoms with E-state index in [1.54, 1.807) is 18.2 Å². The number of nitrogens with one attached hydrogen (secondary N) is 2. The molecule has 0 spiro atoms. The molecule has 0 bridgehead atoms. The number of rotatable bonds is 3. The number of hydrogen-bond acceptors (Lipinski definition) is 6. The third kappa shape index (κ3) is 2.63. The maximum absolute atomic E-state index is 12.0. The zero-order chi connectivity index (χ0) is 13.1. The molecule has 6 nitrogen and oxygen atoms in total. The van der Waals surface area contributed by atoms with Crippen LogP contribution in [0.25, 0.3) is 0 Å². The van der Waals surface area contributed by atoms with Crippen LogP contribution in [0.5, 0.6) is 0 Å². The number of nitrogens with two attached hydrogens (primary N) is 1. The van der Waals surface area contributed by atoms with Crippen LogP contribution in [0.3, 0.4) is 0 Å². The summed E-state index contributed by atoms with van der Waals surface area (Å²) in [6.45, 7) is 3.71. The van der Waals surface area contributed by atoms with E-state index in [2.05, 4.69) is 20.9 Å². The van der Waals surface area contributed by atoms with Crippen LogP contribution < -0.4 is 16.6 Å². The van der Waals surface area contributed by atoms with E-state index in [1.807, 2.05) is 13.8 Å². The van der Waals surface area contributed by atoms with Crippen LogP contribution in [0.2, 0.25) is 0 Å². The first kappa shape index (κ1) is 12.5. The summed E-state index contributed by atoms with van der Waals surface area (Å²) in [5.41, 5.74) is 4.81. The van der Waals surface area contributed by atoms with Gasteiger partial charge in [-0.3, -0.25) is 16.0 Å². The first-order valence-electron chi connectivity index (χ1n) is 5.29. The van der Waals surface area contributed by atoms with Gasteiger partial charge in [-0.05, 0) is 37.6 Å². The number of aryl methyl sites for hydroxylation is 2. The van der Waals surface area contributed by atoms with Gasteiger partial charge in [0.2, 0.25) is 5.13 Å². The van der Waals surface area contributed by atoms with Crippen LogP contribution in [0.1, 0.15) is 20.9 Å². The molecule has 1 amide bonds. The van der Waals surface area contributed by atoms with Gasteiger partial charge in [0.05, 0.1) is 5.69 Å². The molecule has 0 saturated carbocycles. The molecule has 0 fully saturated rings. The van der Waals surface area contributed by atoms with E-state index in [-0.39, 0.29) is 5.91 Å². The lowest BCUT2D eigenvalue weighted by atomic mass is 10.1. The Balaban J connectivity index is 2.16. The van der Waals surface area contributed by atoms with E-state index in [0.717, 1.165) is 16.3 Å². The summed E-state index contributed by atoms with van der Waals surface area (Å²) in [6.07, 6.45) is 0. The van der Waals surface area contributed by atoms with Gasteiger partial charge in [0.1, 0.15) is 5.01 Å². The van der Waals surface area contributed by atoms with Crippen LogP contribution in [0.4, 0.5) is 10.8 Å². The number of carbonyl (C=O) groups is 1. The molecular formula is C11H13N5OS. The van der Waals surface area contributed by atoms with Crippen molar-refractivity contribution in [3.05, 3.63) is 34.3 Å². The molecule has 7 heteroatoms. The smallest absolute Gasteiger partial charge is 0.257 e.